The van der Waals surface area contributed by atoms with Crippen molar-refractivity contribution in [3.8, 4) is 11.5 Å². The molecular formula is C31H23ClN2O7S. The van der Waals surface area contributed by atoms with Crippen LogP contribution in [0.15, 0.2) is 108 Å². The molecule has 1 heterocycles. The van der Waals surface area contributed by atoms with E-state index in [0.29, 0.717) is 10.8 Å². The van der Waals surface area contributed by atoms with Gasteiger partial charge in [-0.2, -0.15) is 8.42 Å². The van der Waals surface area contributed by atoms with Gasteiger partial charge in [-0.05, 0) is 61.5 Å². The fourth-order valence-electron chi connectivity index (χ4n) is 4.06. The van der Waals surface area contributed by atoms with Crippen LogP contribution in [0.2, 0.25) is 5.02 Å². The maximum Gasteiger partial charge on any atom is 0.339 e. The lowest BCUT2D eigenvalue weighted by Crippen LogP contribution is -2.54. The van der Waals surface area contributed by atoms with Gasteiger partial charge in [0.1, 0.15) is 28.6 Å². The number of barbiturate groups is 1. The first-order valence-corrected chi connectivity index (χ1v) is 14.4. The molecule has 1 fully saturated rings. The fourth-order valence-corrected chi connectivity index (χ4v) is 5.21. The van der Waals surface area contributed by atoms with Crippen LogP contribution in [0.25, 0.3) is 6.08 Å². The first kappa shape index (κ1) is 28.6. The van der Waals surface area contributed by atoms with Crippen LogP contribution in [-0.2, 0) is 26.3 Å². The highest BCUT2D eigenvalue weighted by atomic mass is 35.5. The van der Waals surface area contributed by atoms with Crippen molar-refractivity contribution >= 4 is 51.3 Å². The minimum Gasteiger partial charge on any atom is -0.489 e. The van der Waals surface area contributed by atoms with Gasteiger partial charge < -0.3 is 8.92 Å². The maximum atomic E-state index is 13.4. The molecular weight excluding hydrogens is 580 g/mol. The van der Waals surface area contributed by atoms with Crippen LogP contribution in [0.5, 0.6) is 11.5 Å². The number of anilines is 1. The second kappa shape index (κ2) is 11.9. The molecule has 4 aromatic carbocycles. The van der Waals surface area contributed by atoms with Gasteiger partial charge in [0.15, 0.2) is 0 Å². The number of ether oxygens (including phenoxy) is 1. The van der Waals surface area contributed by atoms with Gasteiger partial charge in [-0.15, -0.1) is 0 Å². The Labute approximate surface area is 247 Å². The number of para-hydroxylation sites is 1. The number of carbonyl (C=O) groups excluding carboxylic acids is 3. The number of carbonyl (C=O) groups is 3. The van der Waals surface area contributed by atoms with Gasteiger partial charge in [0, 0.05) is 16.1 Å². The Morgan fingerprint density at radius 3 is 2.24 bits per heavy atom. The molecule has 0 aliphatic carbocycles. The summed E-state index contributed by atoms with van der Waals surface area (Å²) < 4.78 is 36.9. The molecule has 0 spiro atoms. The van der Waals surface area contributed by atoms with Gasteiger partial charge in [0.2, 0.25) is 0 Å². The summed E-state index contributed by atoms with van der Waals surface area (Å²) in [6.07, 6.45) is 1.18. The molecule has 0 aromatic heterocycles. The van der Waals surface area contributed by atoms with Crippen LogP contribution < -0.4 is 19.1 Å². The van der Waals surface area contributed by atoms with Crippen LogP contribution in [-0.4, -0.2) is 26.3 Å². The molecule has 1 saturated heterocycles. The van der Waals surface area contributed by atoms with E-state index < -0.39 is 33.5 Å². The number of nitrogens with one attached hydrogen (secondary N) is 1. The third-order valence-corrected chi connectivity index (χ3v) is 7.89. The van der Waals surface area contributed by atoms with Crippen molar-refractivity contribution < 1.29 is 31.7 Å². The highest BCUT2D eigenvalue weighted by Gasteiger charge is 2.37. The molecule has 1 aliphatic heterocycles. The van der Waals surface area contributed by atoms with E-state index in [0.717, 1.165) is 16.0 Å². The number of urea groups is 1. The molecule has 11 heteroatoms. The Hall–Kier alpha value is -4.93. The Balaban J connectivity index is 1.38. The van der Waals surface area contributed by atoms with Crippen LogP contribution in [0.3, 0.4) is 0 Å². The zero-order valence-electron chi connectivity index (χ0n) is 22.1. The van der Waals surface area contributed by atoms with E-state index in [9.17, 15) is 22.8 Å². The van der Waals surface area contributed by atoms with Crippen molar-refractivity contribution in [2.24, 2.45) is 0 Å². The zero-order valence-corrected chi connectivity index (χ0v) is 23.7. The van der Waals surface area contributed by atoms with E-state index in [1.165, 1.54) is 42.5 Å². The molecule has 0 radical (unpaired) electrons. The summed E-state index contributed by atoms with van der Waals surface area (Å²) in [5, 5.41) is 2.71. The van der Waals surface area contributed by atoms with Crippen molar-refractivity contribution in [1.29, 1.82) is 0 Å². The van der Waals surface area contributed by atoms with E-state index in [1.54, 1.807) is 42.5 Å². The van der Waals surface area contributed by atoms with E-state index in [1.807, 2.05) is 25.1 Å². The second-order valence-corrected chi connectivity index (χ2v) is 11.2. The molecule has 0 atom stereocenters. The SMILES string of the molecule is Cc1ccc(S(=O)(=O)Oc2ccccc2/C=C2\C(=O)NC(=O)N(c3ccc(OCc4ccccc4Cl)cc3)C2=O)cc1. The van der Waals surface area contributed by atoms with Crippen LogP contribution >= 0.6 is 11.6 Å². The topological polar surface area (TPSA) is 119 Å². The lowest BCUT2D eigenvalue weighted by Gasteiger charge is -2.26. The predicted octanol–water partition coefficient (Wildman–Crippen LogP) is 5.66. The molecule has 1 N–H and O–H groups in total. The van der Waals surface area contributed by atoms with Crippen LogP contribution in [0.1, 0.15) is 16.7 Å². The highest BCUT2D eigenvalue weighted by molar-refractivity contribution is 7.87. The summed E-state index contributed by atoms with van der Waals surface area (Å²) in [5.74, 6) is -1.47. The van der Waals surface area contributed by atoms with Crippen molar-refractivity contribution in [3.05, 3.63) is 124 Å². The average Bonchev–Trinajstić information content (AvgIpc) is 2.96. The number of benzene rings is 4. The molecule has 1 aliphatic rings. The quantitative estimate of drug-likeness (QED) is 0.157. The average molecular weight is 603 g/mol. The van der Waals surface area contributed by atoms with Gasteiger partial charge >= 0.3 is 16.1 Å². The molecule has 4 aromatic rings. The minimum absolute atomic E-state index is 0.0573. The molecule has 9 nitrogen and oxygen atoms in total. The monoisotopic (exact) mass is 602 g/mol. The lowest BCUT2D eigenvalue weighted by atomic mass is 10.1. The van der Waals surface area contributed by atoms with Gasteiger partial charge in [-0.3, -0.25) is 14.9 Å². The summed E-state index contributed by atoms with van der Waals surface area (Å²) >= 11 is 6.17. The fraction of sp³-hybridized carbons (Fsp3) is 0.0645. The minimum atomic E-state index is -4.21. The van der Waals surface area contributed by atoms with Crippen molar-refractivity contribution in [3.63, 3.8) is 0 Å². The number of imide groups is 2. The standard InChI is InChI=1S/C31H23ClN2O7S/c1-20-10-16-25(17-11-20)42(38,39)41-28-9-5-3-6-21(28)18-26-29(35)33-31(37)34(30(26)36)23-12-14-24(15-13-23)40-19-22-7-2-4-8-27(22)32/h2-18H,19H2,1H3,(H,33,35,37)/b26-18+. The second-order valence-electron chi connectivity index (χ2n) is 9.22. The normalized spacial score (nSPS) is 14.6. The predicted molar refractivity (Wildman–Crippen MR) is 157 cm³/mol. The van der Waals surface area contributed by atoms with Crippen molar-refractivity contribution in [1.82, 2.24) is 5.32 Å². The van der Waals surface area contributed by atoms with E-state index >= 15 is 0 Å². The number of hydrogen-bond donors (Lipinski definition) is 1. The largest absolute Gasteiger partial charge is 0.489 e. The van der Waals surface area contributed by atoms with Gasteiger partial charge in [-0.1, -0.05) is 65.7 Å². The Kier molecular flexibility index (Phi) is 8.10. The number of rotatable bonds is 8. The third-order valence-electron chi connectivity index (χ3n) is 6.28. The molecule has 0 unspecified atom stereocenters. The number of nitrogens with zero attached hydrogens (tertiary/aromatic N) is 1. The van der Waals surface area contributed by atoms with Crippen LogP contribution in [0.4, 0.5) is 10.5 Å². The zero-order chi connectivity index (χ0) is 29.9. The smallest absolute Gasteiger partial charge is 0.339 e. The molecule has 4 amide bonds. The number of aryl methyl sites for hydroxylation is 1. The van der Waals surface area contributed by atoms with Crippen LogP contribution in [0, 0.1) is 6.92 Å². The Bertz CT molecular complexity index is 1820. The molecule has 0 saturated carbocycles. The molecule has 0 bridgehead atoms. The summed E-state index contributed by atoms with van der Waals surface area (Å²) in [5.41, 5.74) is 1.60. The van der Waals surface area contributed by atoms with Gasteiger partial charge in [0.25, 0.3) is 11.8 Å². The summed E-state index contributed by atoms with van der Waals surface area (Å²) in [4.78, 5) is 39.5. The van der Waals surface area contributed by atoms with Crippen molar-refractivity contribution in [2.45, 2.75) is 18.4 Å². The summed E-state index contributed by atoms with van der Waals surface area (Å²) in [6, 6.07) is 24.6. The van der Waals surface area contributed by atoms with Crippen molar-refractivity contribution in [2.75, 3.05) is 4.90 Å². The highest BCUT2D eigenvalue weighted by Crippen LogP contribution is 2.29. The lowest BCUT2D eigenvalue weighted by molar-refractivity contribution is -0.122. The van der Waals surface area contributed by atoms with E-state index in [4.69, 9.17) is 20.5 Å². The maximum absolute atomic E-state index is 13.4. The Morgan fingerprint density at radius 2 is 1.52 bits per heavy atom. The molecule has 42 heavy (non-hydrogen) atoms. The number of hydrogen-bond acceptors (Lipinski definition) is 7. The van der Waals surface area contributed by atoms with E-state index in [2.05, 4.69) is 5.32 Å². The summed E-state index contributed by atoms with van der Waals surface area (Å²) in [6.45, 7) is 2.04. The first-order chi connectivity index (χ1) is 20.1. The first-order valence-electron chi connectivity index (χ1n) is 12.6. The van der Waals surface area contributed by atoms with Gasteiger partial charge in [-0.25, -0.2) is 9.69 Å². The Morgan fingerprint density at radius 1 is 0.857 bits per heavy atom. The third kappa shape index (κ3) is 6.19. The molecule has 212 valence electrons. The number of amides is 4. The van der Waals surface area contributed by atoms with Gasteiger partial charge in [0.05, 0.1) is 5.69 Å². The van der Waals surface area contributed by atoms with E-state index in [-0.39, 0.29) is 28.5 Å². The molecule has 5 rings (SSSR count). The summed E-state index contributed by atoms with van der Waals surface area (Å²) in [7, 11) is -4.21. The number of halogens is 1.